The Labute approximate surface area is 118 Å². The van der Waals surface area contributed by atoms with Crippen molar-refractivity contribution in [1.29, 1.82) is 0 Å². The van der Waals surface area contributed by atoms with E-state index >= 15 is 0 Å². The van der Waals surface area contributed by atoms with Gasteiger partial charge in [-0.25, -0.2) is 4.39 Å². The minimum atomic E-state index is -0.379. The van der Waals surface area contributed by atoms with Gasteiger partial charge in [-0.05, 0) is 37.5 Å². The monoisotopic (exact) mass is 277 g/mol. The first-order valence-corrected chi connectivity index (χ1v) is 6.79. The molecule has 0 bridgehead atoms. The predicted octanol–water partition coefficient (Wildman–Crippen LogP) is 4.91. The largest absolute Gasteiger partial charge is 0.380 e. The average Bonchev–Trinajstić information content (AvgIpc) is 2.43. The summed E-state index contributed by atoms with van der Waals surface area (Å²) in [6.45, 7) is 2.04. The van der Waals surface area contributed by atoms with Crippen LogP contribution in [0.4, 0.5) is 10.1 Å². The number of hydrogen-bond donors (Lipinski definition) is 1. The van der Waals surface area contributed by atoms with E-state index < -0.39 is 0 Å². The zero-order valence-corrected chi connectivity index (χ0v) is 11.6. The van der Waals surface area contributed by atoms with Crippen molar-refractivity contribution in [3.05, 3.63) is 64.9 Å². The van der Waals surface area contributed by atoms with Gasteiger partial charge in [0.25, 0.3) is 0 Å². The van der Waals surface area contributed by atoms with Gasteiger partial charge in [0.1, 0.15) is 0 Å². The Bertz CT molecular complexity index is 528. The second-order valence-corrected chi connectivity index (χ2v) is 5.08. The van der Waals surface area contributed by atoms with Gasteiger partial charge in [0, 0.05) is 6.04 Å². The first kappa shape index (κ1) is 13.9. The third kappa shape index (κ3) is 3.97. The maximum Gasteiger partial charge on any atom is 0.164 e. The van der Waals surface area contributed by atoms with Crippen LogP contribution in [-0.4, -0.2) is 6.04 Å². The fourth-order valence-corrected chi connectivity index (χ4v) is 2.16. The van der Waals surface area contributed by atoms with E-state index in [1.54, 1.807) is 18.2 Å². The molecule has 2 rings (SSSR count). The summed E-state index contributed by atoms with van der Waals surface area (Å²) in [5, 5.41) is 3.31. The first-order valence-electron chi connectivity index (χ1n) is 6.41. The van der Waals surface area contributed by atoms with Crippen LogP contribution >= 0.6 is 11.6 Å². The molecule has 0 aliphatic carbocycles. The van der Waals surface area contributed by atoms with Crippen LogP contribution in [0, 0.1) is 5.82 Å². The van der Waals surface area contributed by atoms with Crippen molar-refractivity contribution in [2.45, 2.75) is 25.8 Å². The van der Waals surface area contributed by atoms with Crippen molar-refractivity contribution in [3.63, 3.8) is 0 Å². The SMILES string of the molecule is CC(CCc1ccccc1)Nc1cccc(Cl)c1F. The summed E-state index contributed by atoms with van der Waals surface area (Å²) >= 11 is 5.76. The molecule has 1 N–H and O–H groups in total. The Hall–Kier alpha value is -1.54. The maximum absolute atomic E-state index is 13.7. The van der Waals surface area contributed by atoms with Crippen molar-refractivity contribution in [2.75, 3.05) is 5.32 Å². The van der Waals surface area contributed by atoms with Crippen LogP contribution in [0.15, 0.2) is 48.5 Å². The standard InChI is InChI=1S/C16H17ClFN/c1-12(10-11-13-6-3-2-4-7-13)19-15-9-5-8-14(17)16(15)18/h2-9,12,19H,10-11H2,1H3. The van der Waals surface area contributed by atoms with Crippen LogP contribution in [0.1, 0.15) is 18.9 Å². The molecule has 100 valence electrons. The summed E-state index contributed by atoms with van der Waals surface area (Å²) in [4.78, 5) is 0. The van der Waals surface area contributed by atoms with Crippen LogP contribution in [0.5, 0.6) is 0 Å². The second kappa shape index (κ2) is 6.58. The van der Waals surface area contributed by atoms with Crippen LogP contribution in [-0.2, 0) is 6.42 Å². The van der Waals surface area contributed by atoms with E-state index in [-0.39, 0.29) is 16.9 Å². The molecule has 19 heavy (non-hydrogen) atoms. The van der Waals surface area contributed by atoms with Crippen molar-refractivity contribution >= 4 is 17.3 Å². The number of anilines is 1. The predicted molar refractivity (Wildman–Crippen MR) is 79.3 cm³/mol. The molecule has 0 fully saturated rings. The third-order valence-corrected chi connectivity index (χ3v) is 3.35. The molecule has 0 aromatic heterocycles. The lowest BCUT2D eigenvalue weighted by Gasteiger charge is -2.16. The molecule has 1 unspecified atom stereocenters. The van der Waals surface area contributed by atoms with Crippen LogP contribution < -0.4 is 5.32 Å². The molecule has 0 radical (unpaired) electrons. The lowest BCUT2D eigenvalue weighted by molar-refractivity contribution is 0.622. The zero-order valence-electron chi connectivity index (χ0n) is 10.9. The molecule has 2 aromatic rings. The number of hydrogen-bond acceptors (Lipinski definition) is 1. The van der Waals surface area contributed by atoms with E-state index in [1.165, 1.54) is 5.56 Å². The number of halogens is 2. The van der Waals surface area contributed by atoms with E-state index in [9.17, 15) is 4.39 Å². The topological polar surface area (TPSA) is 12.0 Å². The van der Waals surface area contributed by atoms with E-state index in [4.69, 9.17) is 11.6 Å². The van der Waals surface area contributed by atoms with Gasteiger partial charge in [-0.2, -0.15) is 0 Å². The summed E-state index contributed by atoms with van der Waals surface area (Å²) in [5.74, 6) is -0.379. The Morgan fingerprint density at radius 2 is 1.84 bits per heavy atom. The molecular formula is C16H17ClFN. The number of rotatable bonds is 5. The highest BCUT2D eigenvalue weighted by Gasteiger charge is 2.09. The molecular weight excluding hydrogens is 261 g/mol. The van der Waals surface area contributed by atoms with Gasteiger partial charge < -0.3 is 5.32 Å². The van der Waals surface area contributed by atoms with Crippen LogP contribution in [0.25, 0.3) is 0 Å². The minimum absolute atomic E-state index is 0.153. The van der Waals surface area contributed by atoms with E-state index in [2.05, 4.69) is 17.4 Å². The molecule has 0 saturated heterocycles. The van der Waals surface area contributed by atoms with Gasteiger partial charge in [0.15, 0.2) is 5.82 Å². The summed E-state index contributed by atoms with van der Waals surface area (Å²) in [6, 6.07) is 15.5. The summed E-state index contributed by atoms with van der Waals surface area (Å²) in [7, 11) is 0. The molecule has 0 amide bonds. The highest BCUT2D eigenvalue weighted by molar-refractivity contribution is 6.31. The molecule has 0 aliphatic rings. The van der Waals surface area contributed by atoms with E-state index in [1.807, 2.05) is 25.1 Å². The van der Waals surface area contributed by atoms with Gasteiger partial charge in [0.05, 0.1) is 10.7 Å². The Morgan fingerprint density at radius 1 is 1.11 bits per heavy atom. The van der Waals surface area contributed by atoms with E-state index in [0.29, 0.717) is 5.69 Å². The average molecular weight is 278 g/mol. The normalized spacial score (nSPS) is 12.2. The molecule has 0 spiro atoms. The number of benzene rings is 2. The van der Waals surface area contributed by atoms with Gasteiger partial charge in [0.2, 0.25) is 0 Å². The molecule has 1 atom stereocenters. The van der Waals surface area contributed by atoms with Gasteiger partial charge >= 0.3 is 0 Å². The number of aryl methyl sites for hydroxylation is 1. The van der Waals surface area contributed by atoms with Crippen molar-refractivity contribution in [3.8, 4) is 0 Å². The van der Waals surface area contributed by atoms with Crippen LogP contribution in [0.3, 0.4) is 0 Å². The Morgan fingerprint density at radius 3 is 2.58 bits per heavy atom. The fourth-order valence-electron chi connectivity index (χ4n) is 1.98. The highest BCUT2D eigenvalue weighted by Crippen LogP contribution is 2.23. The fraction of sp³-hybridized carbons (Fsp3) is 0.250. The number of nitrogens with one attached hydrogen (secondary N) is 1. The molecule has 1 nitrogen and oxygen atoms in total. The van der Waals surface area contributed by atoms with Crippen LogP contribution in [0.2, 0.25) is 5.02 Å². The van der Waals surface area contributed by atoms with Crippen molar-refractivity contribution < 1.29 is 4.39 Å². The maximum atomic E-state index is 13.7. The van der Waals surface area contributed by atoms with Gasteiger partial charge in [-0.1, -0.05) is 48.0 Å². The third-order valence-electron chi connectivity index (χ3n) is 3.06. The summed E-state index contributed by atoms with van der Waals surface area (Å²) in [5.41, 5.74) is 1.76. The lowest BCUT2D eigenvalue weighted by atomic mass is 10.1. The second-order valence-electron chi connectivity index (χ2n) is 4.67. The summed E-state index contributed by atoms with van der Waals surface area (Å²) in [6.07, 6.45) is 1.91. The minimum Gasteiger partial charge on any atom is -0.380 e. The van der Waals surface area contributed by atoms with E-state index in [0.717, 1.165) is 12.8 Å². The quantitative estimate of drug-likeness (QED) is 0.818. The summed E-state index contributed by atoms with van der Waals surface area (Å²) < 4.78 is 13.7. The zero-order chi connectivity index (χ0) is 13.7. The smallest absolute Gasteiger partial charge is 0.164 e. The van der Waals surface area contributed by atoms with Crippen molar-refractivity contribution in [1.82, 2.24) is 0 Å². The highest BCUT2D eigenvalue weighted by atomic mass is 35.5. The van der Waals surface area contributed by atoms with Gasteiger partial charge in [-0.3, -0.25) is 0 Å². The van der Waals surface area contributed by atoms with Crippen molar-refractivity contribution in [2.24, 2.45) is 0 Å². The first-order chi connectivity index (χ1) is 9.16. The molecule has 0 heterocycles. The molecule has 0 aliphatic heterocycles. The molecule has 0 saturated carbocycles. The van der Waals surface area contributed by atoms with Gasteiger partial charge in [-0.15, -0.1) is 0 Å². The lowest BCUT2D eigenvalue weighted by Crippen LogP contribution is -2.16. The Balaban J connectivity index is 1.91. The Kier molecular flexibility index (Phi) is 4.80. The molecule has 2 aromatic carbocycles. The molecule has 3 heteroatoms.